The lowest BCUT2D eigenvalue weighted by Gasteiger charge is -2.68. The number of ether oxygens (including phenoxy) is 8. The fraction of sp³-hybridized carbons (Fsp3) is 0.951. The van der Waals surface area contributed by atoms with E-state index in [2.05, 4.69) is 0 Å². The molecule has 6 fully saturated rings. The molecule has 3 saturated carbocycles. The van der Waals surface area contributed by atoms with E-state index < -0.39 is 132 Å². The fourth-order valence-corrected chi connectivity index (χ4v) is 12.4. The van der Waals surface area contributed by atoms with Crippen LogP contribution in [0.15, 0.2) is 11.6 Å². The summed E-state index contributed by atoms with van der Waals surface area (Å²) in [5.41, 5.74) is -4.47. The highest BCUT2D eigenvalue weighted by atomic mass is 16.7. The molecule has 0 aromatic carbocycles. The molecule has 2 unspecified atom stereocenters. The minimum absolute atomic E-state index is 0.0962. The number of fused-ring (bicyclic) bond motifs is 5. The second-order valence-corrected chi connectivity index (χ2v) is 18.7. The molecule has 3 aliphatic heterocycles. The highest BCUT2D eigenvalue weighted by Gasteiger charge is 2.78. The second kappa shape index (κ2) is 16.1. The lowest BCUT2D eigenvalue weighted by atomic mass is 9.42. The molecule has 57 heavy (non-hydrogen) atoms. The Morgan fingerprint density at radius 1 is 0.754 bits per heavy atom. The number of rotatable bonds is 9. The van der Waals surface area contributed by atoms with Crippen molar-refractivity contribution in [3.63, 3.8) is 0 Å². The maximum Gasteiger partial charge on any atom is 0.187 e. The van der Waals surface area contributed by atoms with E-state index in [1.165, 1.54) is 7.11 Å². The van der Waals surface area contributed by atoms with Gasteiger partial charge in [0, 0.05) is 38.4 Å². The molecule has 23 atom stereocenters. The van der Waals surface area contributed by atoms with Gasteiger partial charge in [-0.05, 0) is 77.6 Å². The summed E-state index contributed by atoms with van der Waals surface area (Å²) in [6.45, 7) is 10.6. The Morgan fingerprint density at radius 2 is 1.42 bits per heavy atom. The van der Waals surface area contributed by atoms with E-state index in [1.54, 1.807) is 41.7 Å². The molecule has 7 aliphatic rings. The zero-order valence-electron chi connectivity index (χ0n) is 34.5. The summed E-state index contributed by atoms with van der Waals surface area (Å²) in [4.78, 5) is 0. The Kier molecular flexibility index (Phi) is 12.5. The Labute approximate surface area is 335 Å². The van der Waals surface area contributed by atoms with Crippen molar-refractivity contribution < 1.29 is 78.7 Å². The second-order valence-electron chi connectivity index (χ2n) is 18.7. The third kappa shape index (κ3) is 6.99. The van der Waals surface area contributed by atoms with Gasteiger partial charge in [-0.3, -0.25) is 0 Å². The number of aliphatic hydroxyl groups is 8. The van der Waals surface area contributed by atoms with Gasteiger partial charge in [-0.2, -0.15) is 0 Å². The summed E-state index contributed by atoms with van der Waals surface area (Å²) in [5.74, 6) is -1.33. The summed E-state index contributed by atoms with van der Waals surface area (Å²) in [6.07, 6.45) is -9.48. The van der Waals surface area contributed by atoms with Crippen molar-refractivity contribution in [2.75, 3.05) is 14.2 Å². The van der Waals surface area contributed by atoms with Crippen LogP contribution < -0.4 is 0 Å². The molecule has 0 aromatic rings. The van der Waals surface area contributed by atoms with Crippen molar-refractivity contribution >= 4 is 0 Å². The lowest BCUT2D eigenvalue weighted by molar-refractivity contribution is -0.351. The normalized spacial score (nSPS) is 56.0. The number of hydrogen-bond acceptors (Lipinski definition) is 16. The van der Waals surface area contributed by atoms with E-state index in [4.69, 9.17) is 37.9 Å². The van der Waals surface area contributed by atoms with Gasteiger partial charge in [-0.1, -0.05) is 25.5 Å². The van der Waals surface area contributed by atoms with Crippen LogP contribution in [0.4, 0.5) is 0 Å². The molecule has 16 nitrogen and oxygen atoms in total. The minimum atomic E-state index is -1.71. The van der Waals surface area contributed by atoms with E-state index in [-0.39, 0.29) is 31.8 Å². The predicted octanol–water partition coefficient (Wildman–Crippen LogP) is 0.401. The molecule has 0 amide bonds. The van der Waals surface area contributed by atoms with Crippen molar-refractivity contribution in [3.05, 3.63) is 11.6 Å². The van der Waals surface area contributed by atoms with E-state index in [0.29, 0.717) is 25.7 Å². The van der Waals surface area contributed by atoms with Crippen molar-refractivity contribution in [3.8, 4) is 0 Å². The topological polar surface area (TPSA) is 236 Å². The standard InChI is InChI=1S/C41H68O16/c1-18(42)24-11-14-41(49)39(24,6)36(47)31(46)35-38(5)12-10-23(15-22(38)9-13-40(35,41)48)55-27-16-25(43)32(20(3)52-27)56-28-17-26(50-7)33(21(4)53-28)57-37-30(45)34(51-8)29(44)19(2)54-37/h9,18-21,23-37,42-49H,10-17H2,1-8H3/t18-,19-,20-,21-,23?,24-,25+,26+,27+,28+,29-,30-,31+,32-,33-,34-,35-,36-,37+,38+,39+,40+,41?/m1/s1. The smallest absolute Gasteiger partial charge is 0.187 e. The van der Waals surface area contributed by atoms with Crippen LogP contribution in [0.25, 0.3) is 0 Å². The first-order valence-corrected chi connectivity index (χ1v) is 21.0. The molecule has 0 spiro atoms. The molecule has 0 radical (unpaired) electrons. The quantitative estimate of drug-likeness (QED) is 0.147. The first-order chi connectivity index (χ1) is 26.7. The van der Waals surface area contributed by atoms with E-state index in [9.17, 15) is 40.9 Å². The Bertz CT molecular complexity index is 1440. The first-order valence-electron chi connectivity index (χ1n) is 21.0. The third-order valence-electron chi connectivity index (χ3n) is 15.6. The van der Waals surface area contributed by atoms with E-state index >= 15 is 0 Å². The largest absolute Gasteiger partial charge is 0.393 e. The number of aliphatic hydroxyl groups excluding tert-OH is 6. The lowest BCUT2D eigenvalue weighted by Crippen LogP contribution is -2.79. The van der Waals surface area contributed by atoms with Gasteiger partial charge in [-0.15, -0.1) is 0 Å². The molecule has 3 saturated heterocycles. The molecule has 16 heteroatoms. The van der Waals surface area contributed by atoms with Crippen molar-refractivity contribution in [1.82, 2.24) is 0 Å². The maximum atomic E-state index is 12.5. The van der Waals surface area contributed by atoms with Gasteiger partial charge >= 0.3 is 0 Å². The summed E-state index contributed by atoms with van der Waals surface area (Å²) < 4.78 is 48.3. The van der Waals surface area contributed by atoms with Gasteiger partial charge in [0.1, 0.15) is 41.7 Å². The number of hydrogen-bond donors (Lipinski definition) is 8. The van der Waals surface area contributed by atoms with Gasteiger partial charge in [0.15, 0.2) is 18.9 Å². The van der Waals surface area contributed by atoms with Gasteiger partial charge < -0.3 is 78.7 Å². The fourth-order valence-electron chi connectivity index (χ4n) is 12.4. The zero-order chi connectivity index (χ0) is 41.6. The van der Waals surface area contributed by atoms with Crippen LogP contribution in [0.1, 0.15) is 92.9 Å². The molecular weight excluding hydrogens is 748 g/mol. The van der Waals surface area contributed by atoms with Crippen LogP contribution in [0, 0.1) is 22.7 Å². The third-order valence-corrected chi connectivity index (χ3v) is 15.6. The Hall–Kier alpha value is -0.900. The molecule has 4 aliphatic carbocycles. The molecule has 8 N–H and O–H groups in total. The van der Waals surface area contributed by atoms with Crippen LogP contribution in [0.2, 0.25) is 0 Å². The maximum absolute atomic E-state index is 12.5. The van der Waals surface area contributed by atoms with Crippen LogP contribution in [0.3, 0.4) is 0 Å². The summed E-state index contributed by atoms with van der Waals surface area (Å²) >= 11 is 0. The van der Waals surface area contributed by atoms with Gasteiger partial charge in [-0.25, -0.2) is 0 Å². The number of methoxy groups -OCH3 is 2. The van der Waals surface area contributed by atoms with Crippen LogP contribution >= 0.6 is 0 Å². The van der Waals surface area contributed by atoms with Gasteiger partial charge in [0.25, 0.3) is 0 Å². The molecular formula is C41H68O16. The monoisotopic (exact) mass is 816 g/mol. The van der Waals surface area contributed by atoms with Crippen LogP contribution in [-0.2, 0) is 37.9 Å². The highest BCUT2D eigenvalue weighted by Crippen LogP contribution is 2.69. The SMILES string of the molecule is CO[C@H]1[C@@H](O)[C@H](O[C@H]2[C@@H](OC)C[C@H](O[C@H]3[C@@H](O)C[C@H](OC4CC[C@@]5(C)C(=CC[C@]6(O)[C@@H]5[C@H](O)[C@@H](O)[C@]5(C)[C@@H]([C@@H](C)O)CCC56O)C4)O[C@@H]3C)O[C@@H]2C)O[C@H](C)[C@H]1O. The molecule has 3 heterocycles. The van der Waals surface area contributed by atoms with Gasteiger partial charge in [0.2, 0.25) is 0 Å². The Balaban J connectivity index is 0.958. The van der Waals surface area contributed by atoms with Crippen molar-refractivity contribution in [2.24, 2.45) is 22.7 Å². The molecule has 328 valence electrons. The van der Waals surface area contributed by atoms with Gasteiger partial charge in [0.05, 0.1) is 54.9 Å². The first kappa shape index (κ1) is 44.2. The predicted molar refractivity (Wildman–Crippen MR) is 199 cm³/mol. The summed E-state index contributed by atoms with van der Waals surface area (Å²) in [6, 6.07) is 0. The zero-order valence-corrected chi connectivity index (χ0v) is 34.5. The van der Waals surface area contributed by atoms with E-state index in [1.807, 2.05) is 13.0 Å². The average molecular weight is 817 g/mol. The minimum Gasteiger partial charge on any atom is -0.393 e. The highest BCUT2D eigenvalue weighted by molar-refractivity contribution is 5.36. The van der Waals surface area contributed by atoms with E-state index in [0.717, 1.165) is 5.57 Å². The average Bonchev–Trinajstić information content (AvgIpc) is 3.45. The van der Waals surface area contributed by atoms with Crippen LogP contribution in [0.5, 0.6) is 0 Å². The van der Waals surface area contributed by atoms with Crippen LogP contribution in [-0.4, -0.2) is 171 Å². The van der Waals surface area contributed by atoms with Crippen molar-refractivity contribution in [1.29, 1.82) is 0 Å². The molecule has 0 aromatic heterocycles. The summed E-state index contributed by atoms with van der Waals surface area (Å²) in [7, 11) is 2.95. The molecule has 7 rings (SSSR count). The molecule has 0 bridgehead atoms. The summed E-state index contributed by atoms with van der Waals surface area (Å²) in [5, 5.41) is 91.5. The van der Waals surface area contributed by atoms with Crippen molar-refractivity contribution in [2.45, 2.75) is 208 Å². The Morgan fingerprint density at radius 3 is 2.05 bits per heavy atom.